The van der Waals surface area contributed by atoms with Gasteiger partial charge in [-0.25, -0.2) is 0 Å². The summed E-state index contributed by atoms with van der Waals surface area (Å²) in [4.78, 5) is 0. The van der Waals surface area contributed by atoms with Crippen LogP contribution in [0.3, 0.4) is 0 Å². The Morgan fingerprint density at radius 1 is 1.24 bits per heavy atom. The van der Waals surface area contributed by atoms with Gasteiger partial charge in [0.25, 0.3) is 0 Å². The van der Waals surface area contributed by atoms with Crippen molar-refractivity contribution in [3.05, 3.63) is 16.8 Å². The molecule has 1 aliphatic rings. The lowest BCUT2D eigenvalue weighted by atomic mass is 10.0. The van der Waals surface area contributed by atoms with E-state index < -0.39 is 0 Å². The fourth-order valence-corrected chi connectivity index (χ4v) is 4.05. The van der Waals surface area contributed by atoms with Crippen molar-refractivity contribution in [2.75, 3.05) is 18.1 Å². The van der Waals surface area contributed by atoms with E-state index in [0.29, 0.717) is 16.1 Å². The van der Waals surface area contributed by atoms with Crippen molar-refractivity contribution >= 4 is 17.6 Å². The average Bonchev–Trinajstić information content (AvgIpc) is 3.01. The maximum Gasteiger partial charge on any atom is 0.166 e. The average molecular weight is 304 g/mol. The number of hydrogen-bond donors (Lipinski definition) is 1. The molecule has 114 valence electrons. The Hall–Kier alpha value is -1.28. The maximum absolute atomic E-state index is 9.50. The zero-order chi connectivity index (χ0) is 15.3. The van der Waals surface area contributed by atoms with Crippen LogP contribution in [0, 0.1) is 11.3 Å². The second-order valence-electron chi connectivity index (χ2n) is 5.62. The summed E-state index contributed by atoms with van der Waals surface area (Å²) in [5.74, 6) is 0.659. The first-order chi connectivity index (χ1) is 10.2. The van der Waals surface area contributed by atoms with Gasteiger partial charge in [0.2, 0.25) is 0 Å². The minimum atomic E-state index is 0.296. The van der Waals surface area contributed by atoms with Crippen molar-refractivity contribution in [2.45, 2.75) is 57.1 Å². The van der Waals surface area contributed by atoms with Crippen LogP contribution in [0.1, 0.15) is 56.4 Å². The molecule has 5 heteroatoms. The van der Waals surface area contributed by atoms with Crippen LogP contribution in [0.25, 0.3) is 0 Å². The molecule has 1 N–H and O–H groups in total. The number of aromatic nitrogens is 2. The van der Waals surface area contributed by atoms with E-state index >= 15 is 0 Å². The SMILES string of the molecule is CCc1nnc(NCC2(SC)CCCC2)c(C#N)c1CC. The molecule has 1 aromatic heterocycles. The van der Waals surface area contributed by atoms with E-state index in [9.17, 15) is 5.26 Å². The van der Waals surface area contributed by atoms with Crippen LogP contribution in [0.2, 0.25) is 0 Å². The van der Waals surface area contributed by atoms with Gasteiger partial charge >= 0.3 is 0 Å². The quantitative estimate of drug-likeness (QED) is 0.870. The molecule has 1 aliphatic carbocycles. The van der Waals surface area contributed by atoms with Crippen LogP contribution in [-0.2, 0) is 12.8 Å². The first-order valence-corrected chi connectivity index (χ1v) is 8.99. The van der Waals surface area contributed by atoms with Crippen molar-refractivity contribution in [1.29, 1.82) is 5.26 Å². The summed E-state index contributed by atoms with van der Waals surface area (Å²) in [5, 5.41) is 21.5. The molecule has 0 aromatic carbocycles. The Morgan fingerprint density at radius 3 is 2.48 bits per heavy atom. The minimum Gasteiger partial charge on any atom is -0.366 e. The first kappa shape index (κ1) is 16.1. The zero-order valence-electron chi connectivity index (χ0n) is 13.2. The van der Waals surface area contributed by atoms with Gasteiger partial charge in [0.05, 0.1) is 5.69 Å². The Balaban J connectivity index is 2.22. The summed E-state index contributed by atoms with van der Waals surface area (Å²) in [5.41, 5.74) is 2.67. The molecule has 0 unspecified atom stereocenters. The molecule has 0 radical (unpaired) electrons. The van der Waals surface area contributed by atoms with Gasteiger partial charge in [0, 0.05) is 11.3 Å². The van der Waals surface area contributed by atoms with Crippen molar-refractivity contribution < 1.29 is 0 Å². The van der Waals surface area contributed by atoms with E-state index in [-0.39, 0.29) is 0 Å². The molecule has 2 rings (SSSR count). The third kappa shape index (κ3) is 3.32. The number of rotatable bonds is 6. The van der Waals surface area contributed by atoms with Gasteiger partial charge in [-0.15, -0.1) is 5.10 Å². The monoisotopic (exact) mass is 304 g/mol. The lowest BCUT2D eigenvalue weighted by Gasteiger charge is -2.27. The molecular formula is C16H24N4S. The lowest BCUT2D eigenvalue weighted by molar-refractivity contribution is 0.637. The zero-order valence-corrected chi connectivity index (χ0v) is 14.0. The highest BCUT2D eigenvalue weighted by atomic mass is 32.2. The van der Waals surface area contributed by atoms with Gasteiger partial charge < -0.3 is 5.32 Å². The molecule has 1 saturated carbocycles. The summed E-state index contributed by atoms with van der Waals surface area (Å²) < 4.78 is 0.296. The van der Waals surface area contributed by atoms with E-state index in [4.69, 9.17) is 0 Å². The van der Waals surface area contributed by atoms with Crippen molar-refractivity contribution in [3.63, 3.8) is 0 Å². The van der Waals surface area contributed by atoms with Crippen LogP contribution >= 0.6 is 11.8 Å². The molecule has 0 bridgehead atoms. The first-order valence-electron chi connectivity index (χ1n) is 7.77. The number of hydrogen-bond acceptors (Lipinski definition) is 5. The number of aryl methyl sites for hydroxylation is 1. The molecule has 4 nitrogen and oxygen atoms in total. The summed E-state index contributed by atoms with van der Waals surface area (Å²) in [6, 6.07) is 2.32. The van der Waals surface area contributed by atoms with Gasteiger partial charge in [-0.3, -0.25) is 0 Å². The fraction of sp³-hybridized carbons (Fsp3) is 0.688. The minimum absolute atomic E-state index is 0.296. The molecule has 1 aromatic rings. The standard InChI is InChI=1S/C16H24N4S/c1-4-12-13(10-17)15(20-19-14(12)5-2)18-11-16(21-3)8-6-7-9-16/h4-9,11H2,1-3H3,(H,18,20). The molecule has 0 atom stereocenters. The number of nitriles is 1. The van der Waals surface area contributed by atoms with Gasteiger partial charge in [0.1, 0.15) is 11.6 Å². The molecule has 1 fully saturated rings. The third-order valence-electron chi connectivity index (χ3n) is 4.48. The van der Waals surface area contributed by atoms with Gasteiger partial charge in [0.15, 0.2) is 5.82 Å². The summed E-state index contributed by atoms with van der Waals surface area (Å²) in [6.45, 7) is 4.99. The number of thioether (sulfide) groups is 1. The van der Waals surface area contributed by atoms with E-state index in [1.807, 2.05) is 11.8 Å². The summed E-state index contributed by atoms with van der Waals surface area (Å²) in [7, 11) is 0. The molecule has 21 heavy (non-hydrogen) atoms. The molecule has 0 amide bonds. The van der Waals surface area contributed by atoms with E-state index in [2.05, 4.69) is 41.7 Å². The van der Waals surface area contributed by atoms with Gasteiger partial charge in [-0.05, 0) is 37.5 Å². The Labute approximate surface area is 131 Å². The second-order valence-corrected chi connectivity index (χ2v) is 6.89. The highest BCUT2D eigenvalue weighted by Gasteiger charge is 2.33. The Kier molecular flexibility index (Phi) is 5.46. The predicted molar refractivity (Wildman–Crippen MR) is 88.7 cm³/mol. The molecular weight excluding hydrogens is 280 g/mol. The maximum atomic E-state index is 9.50. The van der Waals surface area contributed by atoms with Crippen LogP contribution in [0.4, 0.5) is 5.82 Å². The topological polar surface area (TPSA) is 61.6 Å². The molecule has 0 spiro atoms. The van der Waals surface area contributed by atoms with Crippen LogP contribution in [0.15, 0.2) is 0 Å². The number of anilines is 1. The smallest absolute Gasteiger partial charge is 0.166 e. The largest absolute Gasteiger partial charge is 0.366 e. The Morgan fingerprint density at radius 2 is 1.95 bits per heavy atom. The highest BCUT2D eigenvalue weighted by Crippen LogP contribution is 2.40. The van der Waals surface area contributed by atoms with Crippen LogP contribution in [0.5, 0.6) is 0 Å². The second kappa shape index (κ2) is 7.13. The van der Waals surface area contributed by atoms with Gasteiger partial charge in [-0.1, -0.05) is 26.7 Å². The Bertz CT molecular complexity index is 530. The van der Waals surface area contributed by atoms with E-state index in [1.54, 1.807) is 0 Å². The highest BCUT2D eigenvalue weighted by molar-refractivity contribution is 8.00. The molecule has 1 heterocycles. The predicted octanol–water partition coefficient (Wildman–Crippen LogP) is 3.56. The molecule has 0 aliphatic heterocycles. The van der Waals surface area contributed by atoms with Crippen molar-refractivity contribution in [2.24, 2.45) is 0 Å². The van der Waals surface area contributed by atoms with Crippen molar-refractivity contribution in [1.82, 2.24) is 10.2 Å². The fourth-order valence-electron chi connectivity index (χ4n) is 3.13. The van der Waals surface area contributed by atoms with E-state index in [1.165, 1.54) is 25.7 Å². The van der Waals surface area contributed by atoms with E-state index in [0.717, 1.165) is 30.6 Å². The van der Waals surface area contributed by atoms with Crippen LogP contribution in [-0.4, -0.2) is 27.7 Å². The normalized spacial score (nSPS) is 16.7. The third-order valence-corrected chi connectivity index (χ3v) is 5.90. The van der Waals surface area contributed by atoms with Crippen LogP contribution < -0.4 is 5.32 Å². The number of nitrogens with zero attached hydrogens (tertiary/aromatic N) is 3. The lowest BCUT2D eigenvalue weighted by Crippen LogP contribution is -2.30. The molecule has 0 saturated heterocycles. The number of nitrogens with one attached hydrogen (secondary N) is 1. The summed E-state index contributed by atoms with van der Waals surface area (Å²) >= 11 is 1.94. The van der Waals surface area contributed by atoms with Gasteiger partial charge in [-0.2, -0.15) is 22.1 Å². The summed E-state index contributed by atoms with van der Waals surface area (Å²) in [6.07, 6.45) is 8.91. The van der Waals surface area contributed by atoms with Crippen molar-refractivity contribution in [3.8, 4) is 6.07 Å².